The number of nitrogens with zero attached hydrogens (tertiary/aromatic N) is 1. The first-order valence-electron chi connectivity index (χ1n) is 6.20. The fourth-order valence-corrected chi connectivity index (χ4v) is 2.89. The molecule has 1 amide bonds. The SMILES string of the molecule is CC(C)N(C=O)C1(C(=O)O)CCc2c(F)cccc21. The van der Waals surface area contributed by atoms with Gasteiger partial charge in [0.25, 0.3) is 0 Å². The molecule has 1 aromatic rings. The number of carboxylic acids is 1. The average Bonchev–Trinajstić information content (AvgIpc) is 2.72. The molecule has 1 atom stereocenters. The normalized spacial score (nSPS) is 21.3. The molecule has 0 saturated heterocycles. The van der Waals surface area contributed by atoms with E-state index in [0.717, 1.165) is 0 Å². The number of benzene rings is 1. The van der Waals surface area contributed by atoms with Crippen molar-refractivity contribution in [3.8, 4) is 0 Å². The summed E-state index contributed by atoms with van der Waals surface area (Å²) in [6.45, 7) is 3.49. The number of aliphatic carboxylic acids is 1. The Morgan fingerprint density at radius 2 is 2.21 bits per heavy atom. The molecule has 0 aliphatic heterocycles. The van der Waals surface area contributed by atoms with E-state index in [1.165, 1.54) is 17.0 Å². The highest BCUT2D eigenvalue weighted by molar-refractivity contribution is 5.85. The van der Waals surface area contributed by atoms with Gasteiger partial charge < -0.3 is 10.0 Å². The second kappa shape index (κ2) is 4.64. The van der Waals surface area contributed by atoms with Gasteiger partial charge in [0.1, 0.15) is 5.82 Å². The smallest absolute Gasteiger partial charge is 0.334 e. The van der Waals surface area contributed by atoms with Gasteiger partial charge >= 0.3 is 5.97 Å². The number of rotatable bonds is 4. The predicted octanol–water partition coefficient (Wildman–Crippen LogP) is 1.92. The molecule has 0 spiro atoms. The van der Waals surface area contributed by atoms with E-state index >= 15 is 0 Å². The molecule has 1 aliphatic carbocycles. The summed E-state index contributed by atoms with van der Waals surface area (Å²) in [4.78, 5) is 24.4. The standard InChI is InChI=1S/C14H16FNO3/c1-9(2)16(8-17)14(13(18)19)7-6-10-11(14)4-3-5-12(10)15/h3-5,8-9H,6-7H2,1-2H3,(H,18,19). The molecule has 1 unspecified atom stereocenters. The van der Waals surface area contributed by atoms with Crippen LogP contribution in [0, 0.1) is 5.82 Å². The van der Waals surface area contributed by atoms with Crippen LogP contribution in [0.15, 0.2) is 18.2 Å². The molecular weight excluding hydrogens is 249 g/mol. The zero-order chi connectivity index (χ0) is 14.2. The molecule has 102 valence electrons. The van der Waals surface area contributed by atoms with Crippen LogP contribution < -0.4 is 0 Å². The third-order valence-electron chi connectivity index (χ3n) is 3.77. The lowest BCUT2D eigenvalue weighted by atomic mass is 9.89. The first kappa shape index (κ1) is 13.5. The molecule has 0 saturated carbocycles. The highest BCUT2D eigenvalue weighted by atomic mass is 19.1. The van der Waals surface area contributed by atoms with E-state index in [-0.39, 0.29) is 12.5 Å². The van der Waals surface area contributed by atoms with Crippen molar-refractivity contribution in [3.05, 3.63) is 35.1 Å². The minimum absolute atomic E-state index is 0.204. The summed E-state index contributed by atoms with van der Waals surface area (Å²) in [6.07, 6.45) is 1.07. The number of fused-ring (bicyclic) bond motifs is 1. The van der Waals surface area contributed by atoms with E-state index in [9.17, 15) is 19.1 Å². The maximum atomic E-state index is 13.8. The lowest BCUT2D eigenvalue weighted by Gasteiger charge is -2.38. The van der Waals surface area contributed by atoms with Gasteiger partial charge in [-0.15, -0.1) is 0 Å². The van der Waals surface area contributed by atoms with E-state index in [0.29, 0.717) is 24.0 Å². The number of hydrogen-bond acceptors (Lipinski definition) is 2. The summed E-state index contributed by atoms with van der Waals surface area (Å²) in [5.74, 6) is -1.52. The Labute approximate surface area is 110 Å². The molecule has 0 bridgehead atoms. The van der Waals surface area contributed by atoms with Crippen molar-refractivity contribution >= 4 is 12.4 Å². The summed E-state index contributed by atoms with van der Waals surface area (Å²) in [5.41, 5.74) is -0.661. The van der Waals surface area contributed by atoms with Gasteiger partial charge in [0.05, 0.1) is 0 Å². The van der Waals surface area contributed by atoms with Crippen LogP contribution in [0.5, 0.6) is 0 Å². The Hall–Kier alpha value is -1.91. The molecule has 0 heterocycles. The summed E-state index contributed by atoms with van der Waals surface area (Å²) in [6, 6.07) is 4.12. The molecule has 2 rings (SSSR count). The molecule has 1 aromatic carbocycles. The largest absolute Gasteiger partial charge is 0.479 e. The van der Waals surface area contributed by atoms with Crippen molar-refractivity contribution in [2.75, 3.05) is 0 Å². The monoisotopic (exact) mass is 265 g/mol. The van der Waals surface area contributed by atoms with Crippen molar-refractivity contribution in [1.82, 2.24) is 4.90 Å². The Morgan fingerprint density at radius 3 is 2.74 bits per heavy atom. The van der Waals surface area contributed by atoms with Crippen molar-refractivity contribution in [3.63, 3.8) is 0 Å². The van der Waals surface area contributed by atoms with Gasteiger partial charge in [-0.3, -0.25) is 4.79 Å². The van der Waals surface area contributed by atoms with Crippen LogP contribution in [0.3, 0.4) is 0 Å². The Kier molecular flexibility index (Phi) is 3.30. The maximum Gasteiger partial charge on any atom is 0.334 e. The quantitative estimate of drug-likeness (QED) is 0.846. The van der Waals surface area contributed by atoms with Crippen molar-refractivity contribution in [1.29, 1.82) is 0 Å². The Morgan fingerprint density at radius 1 is 1.53 bits per heavy atom. The van der Waals surface area contributed by atoms with E-state index in [1.54, 1.807) is 19.9 Å². The molecule has 1 aliphatic rings. The molecule has 1 N–H and O–H groups in total. The van der Waals surface area contributed by atoms with Crippen LogP contribution in [-0.2, 0) is 21.5 Å². The predicted molar refractivity (Wildman–Crippen MR) is 67.1 cm³/mol. The zero-order valence-corrected chi connectivity index (χ0v) is 10.9. The number of carbonyl (C=O) groups is 2. The Bertz CT molecular complexity index is 529. The summed E-state index contributed by atoms with van der Waals surface area (Å²) in [7, 11) is 0. The highest BCUT2D eigenvalue weighted by Gasteiger charge is 2.51. The van der Waals surface area contributed by atoms with Gasteiger partial charge in [-0.2, -0.15) is 0 Å². The second-order valence-corrected chi connectivity index (χ2v) is 5.04. The zero-order valence-electron chi connectivity index (χ0n) is 10.9. The molecular formula is C14H16FNO3. The lowest BCUT2D eigenvalue weighted by molar-refractivity contribution is -0.158. The van der Waals surface area contributed by atoms with Crippen LogP contribution >= 0.6 is 0 Å². The lowest BCUT2D eigenvalue weighted by Crippen LogP contribution is -2.53. The number of carbonyl (C=O) groups excluding carboxylic acids is 1. The molecule has 0 radical (unpaired) electrons. The number of amides is 1. The minimum atomic E-state index is -1.45. The number of halogens is 1. The van der Waals surface area contributed by atoms with Gasteiger partial charge in [0.15, 0.2) is 5.54 Å². The maximum absolute atomic E-state index is 13.8. The summed E-state index contributed by atoms with van der Waals surface area (Å²) >= 11 is 0. The van der Waals surface area contributed by atoms with Crippen LogP contribution in [0.1, 0.15) is 31.4 Å². The Balaban J connectivity index is 2.66. The van der Waals surface area contributed by atoms with Crippen molar-refractivity contribution in [2.24, 2.45) is 0 Å². The van der Waals surface area contributed by atoms with Crippen LogP contribution in [0.25, 0.3) is 0 Å². The third kappa shape index (κ3) is 1.80. The van der Waals surface area contributed by atoms with E-state index in [2.05, 4.69) is 0 Å². The van der Waals surface area contributed by atoms with Crippen LogP contribution in [0.2, 0.25) is 0 Å². The molecule has 4 nitrogen and oxygen atoms in total. The number of carboxylic acid groups (broad SMARTS) is 1. The highest BCUT2D eigenvalue weighted by Crippen LogP contribution is 2.43. The summed E-state index contributed by atoms with van der Waals surface area (Å²) < 4.78 is 13.8. The first-order valence-corrected chi connectivity index (χ1v) is 6.20. The second-order valence-electron chi connectivity index (χ2n) is 5.04. The fourth-order valence-electron chi connectivity index (χ4n) is 2.89. The molecule has 0 aromatic heterocycles. The van der Waals surface area contributed by atoms with Gasteiger partial charge in [-0.25, -0.2) is 9.18 Å². The third-order valence-corrected chi connectivity index (χ3v) is 3.77. The number of hydrogen-bond donors (Lipinski definition) is 1. The van der Waals surface area contributed by atoms with E-state index in [1.807, 2.05) is 0 Å². The molecule has 5 heteroatoms. The van der Waals surface area contributed by atoms with Crippen molar-refractivity contribution < 1.29 is 19.1 Å². The van der Waals surface area contributed by atoms with E-state index in [4.69, 9.17) is 0 Å². The van der Waals surface area contributed by atoms with E-state index < -0.39 is 17.3 Å². The first-order chi connectivity index (χ1) is 8.95. The fraction of sp³-hybridized carbons (Fsp3) is 0.429. The average molecular weight is 265 g/mol. The van der Waals surface area contributed by atoms with Crippen molar-refractivity contribution in [2.45, 2.75) is 38.3 Å². The molecule has 0 fully saturated rings. The van der Waals surface area contributed by atoms with Gasteiger partial charge in [0, 0.05) is 6.04 Å². The van der Waals surface area contributed by atoms with Crippen LogP contribution in [0.4, 0.5) is 4.39 Å². The van der Waals surface area contributed by atoms with Gasteiger partial charge in [0.2, 0.25) is 6.41 Å². The van der Waals surface area contributed by atoms with Gasteiger partial charge in [-0.05, 0) is 43.9 Å². The summed E-state index contributed by atoms with van der Waals surface area (Å²) in [5, 5.41) is 9.63. The molecule has 19 heavy (non-hydrogen) atoms. The van der Waals surface area contributed by atoms with Gasteiger partial charge in [-0.1, -0.05) is 12.1 Å². The topological polar surface area (TPSA) is 57.6 Å². The minimum Gasteiger partial charge on any atom is -0.479 e. The van der Waals surface area contributed by atoms with Crippen LogP contribution in [-0.4, -0.2) is 28.4 Å².